The molecule has 2 fully saturated rings. The van der Waals surface area contributed by atoms with Gasteiger partial charge in [-0.05, 0) is 74.1 Å². The van der Waals surface area contributed by atoms with Gasteiger partial charge in [-0.1, -0.05) is 31.9 Å². The molecule has 9 heteroatoms. The van der Waals surface area contributed by atoms with Crippen LogP contribution in [-0.4, -0.2) is 66.7 Å². The number of rotatable bonds is 7. The van der Waals surface area contributed by atoms with E-state index in [2.05, 4.69) is 12.2 Å². The fraction of sp³-hybridized carbons (Fsp3) is 0.679. The van der Waals surface area contributed by atoms with Gasteiger partial charge in [0.05, 0.1) is 5.75 Å². The summed E-state index contributed by atoms with van der Waals surface area (Å²) in [4.78, 5) is 31.1. The molecule has 204 valence electrons. The smallest absolute Gasteiger partial charge is 0.253 e. The Kier molecular flexibility index (Phi) is 8.14. The SMILES string of the molecule is CC(=O)N(C)Cc1cc(C)c(CCS(=O)(=O)N2CCC3(CC2)N=C(C2CCC(C)CC2)NC3=O)c(C)c1. The van der Waals surface area contributed by atoms with E-state index in [9.17, 15) is 18.0 Å². The molecule has 0 atom stereocenters. The van der Waals surface area contributed by atoms with Crippen LogP contribution in [0.1, 0.15) is 74.6 Å². The number of hydrogen-bond acceptors (Lipinski definition) is 5. The van der Waals surface area contributed by atoms with E-state index in [-0.39, 0.29) is 17.6 Å². The molecule has 1 spiro atoms. The van der Waals surface area contributed by atoms with Crippen LogP contribution in [0.15, 0.2) is 17.1 Å². The number of piperidine rings is 1. The third-order valence-corrected chi connectivity index (χ3v) is 10.5. The molecule has 0 unspecified atom stereocenters. The van der Waals surface area contributed by atoms with Crippen molar-refractivity contribution < 1.29 is 18.0 Å². The monoisotopic (exact) mass is 530 g/mol. The molecule has 0 radical (unpaired) electrons. The Bertz CT molecular complexity index is 1150. The van der Waals surface area contributed by atoms with Gasteiger partial charge in [-0.25, -0.2) is 12.7 Å². The zero-order chi connectivity index (χ0) is 27.0. The molecule has 1 saturated carbocycles. The van der Waals surface area contributed by atoms with Crippen molar-refractivity contribution in [1.82, 2.24) is 14.5 Å². The van der Waals surface area contributed by atoms with Crippen LogP contribution in [0.4, 0.5) is 0 Å². The van der Waals surface area contributed by atoms with E-state index < -0.39 is 15.6 Å². The number of nitrogens with one attached hydrogen (secondary N) is 1. The summed E-state index contributed by atoms with van der Waals surface area (Å²) in [6.07, 6.45) is 5.75. The largest absolute Gasteiger partial charge is 0.342 e. The predicted octanol–water partition coefficient (Wildman–Crippen LogP) is 3.34. The maximum atomic E-state index is 13.2. The van der Waals surface area contributed by atoms with Crippen molar-refractivity contribution >= 4 is 27.7 Å². The lowest BCUT2D eigenvalue weighted by atomic mass is 9.82. The van der Waals surface area contributed by atoms with Crippen molar-refractivity contribution in [2.24, 2.45) is 16.8 Å². The molecule has 37 heavy (non-hydrogen) atoms. The summed E-state index contributed by atoms with van der Waals surface area (Å²) < 4.78 is 28.0. The molecule has 1 saturated heterocycles. The van der Waals surface area contributed by atoms with Crippen LogP contribution in [0.5, 0.6) is 0 Å². The number of nitrogens with zero attached hydrogens (tertiary/aromatic N) is 3. The van der Waals surface area contributed by atoms with Gasteiger partial charge >= 0.3 is 0 Å². The third-order valence-electron chi connectivity index (χ3n) is 8.67. The third kappa shape index (κ3) is 6.08. The molecule has 2 heterocycles. The standard InChI is InChI=1S/C28H42N4O4S/c1-19-6-8-24(9-7-19)26-29-27(34)28(30-26)11-13-32(14-12-28)37(35,36)15-10-25-20(2)16-23(17-21(25)3)18-31(5)22(4)33/h16-17,19,24H,6-15,18H2,1-5H3,(H,29,30,34). The van der Waals surface area contributed by atoms with Gasteiger partial charge in [0.15, 0.2) is 0 Å². The molecule has 8 nitrogen and oxygen atoms in total. The average molecular weight is 531 g/mol. The number of amides is 2. The molecule has 3 aliphatic rings. The van der Waals surface area contributed by atoms with Gasteiger partial charge in [0.2, 0.25) is 15.9 Å². The first-order valence-corrected chi connectivity index (χ1v) is 15.2. The molecule has 2 amide bonds. The summed E-state index contributed by atoms with van der Waals surface area (Å²) in [5.74, 6) is 1.87. The van der Waals surface area contributed by atoms with Crippen molar-refractivity contribution in [3.63, 3.8) is 0 Å². The minimum atomic E-state index is -3.46. The summed E-state index contributed by atoms with van der Waals surface area (Å²) in [5.41, 5.74) is 3.36. The Morgan fingerprint density at radius 3 is 2.30 bits per heavy atom. The summed E-state index contributed by atoms with van der Waals surface area (Å²) >= 11 is 0. The Balaban J connectivity index is 1.36. The van der Waals surface area contributed by atoms with Crippen LogP contribution < -0.4 is 5.32 Å². The highest BCUT2D eigenvalue weighted by Gasteiger charge is 2.48. The summed E-state index contributed by atoms with van der Waals surface area (Å²) in [6.45, 7) is 8.99. The Hall–Kier alpha value is -2.26. The molecule has 1 aliphatic carbocycles. The number of benzene rings is 1. The van der Waals surface area contributed by atoms with E-state index in [4.69, 9.17) is 4.99 Å². The summed E-state index contributed by atoms with van der Waals surface area (Å²) in [6, 6.07) is 4.08. The van der Waals surface area contributed by atoms with E-state index in [0.717, 1.165) is 59.7 Å². The summed E-state index contributed by atoms with van der Waals surface area (Å²) in [7, 11) is -1.69. The molecular formula is C28H42N4O4S. The van der Waals surface area contributed by atoms with Gasteiger partial charge in [0.1, 0.15) is 11.4 Å². The van der Waals surface area contributed by atoms with Crippen molar-refractivity contribution in [3.8, 4) is 0 Å². The topological polar surface area (TPSA) is 99.2 Å². The van der Waals surface area contributed by atoms with E-state index in [1.807, 2.05) is 26.0 Å². The first kappa shape index (κ1) is 27.8. The van der Waals surface area contributed by atoms with E-state index in [0.29, 0.717) is 44.8 Å². The van der Waals surface area contributed by atoms with Gasteiger partial charge < -0.3 is 10.2 Å². The molecule has 1 aromatic carbocycles. The van der Waals surface area contributed by atoms with Crippen molar-refractivity contribution in [2.75, 3.05) is 25.9 Å². The summed E-state index contributed by atoms with van der Waals surface area (Å²) in [5, 5.41) is 3.06. The molecular weight excluding hydrogens is 488 g/mol. The number of aliphatic imine (C=N–C) groups is 1. The first-order chi connectivity index (χ1) is 17.4. The fourth-order valence-electron chi connectivity index (χ4n) is 6.06. The van der Waals surface area contributed by atoms with Crippen LogP contribution in [-0.2, 0) is 32.6 Å². The minimum absolute atomic E-state index is 0.00871. The normalized spacial score (nSPS) is 24.1. The van der Waals surface area contributed by atoms with Gasteiger partial charge in [-0.15, -0.1) is 0 Å². The van der Waals surface area contributed by atoms with Crippen LogP contribution in [0.3, 0.4) is 0 Å². The predicted molar refractivity (Wildman–Crippen MR) is 146 cm³/mol. The lowest BCUT2D eigenvalue weighted by molar-refractivity contribution is -0.128. The molecule has 1 N–H and O–H groups in total. The molecule has 1 aromatic rings. The number of carbonyl (C=O) groups is 2. The van der Waals surface area contributed by atoms with Crippen LogP contribution in [0, 0.1) is 25.7 Å². The molecule has 0 bridgehead atoms. The highest BCUT2D eigenvalue weighted by atomic mass is 32.2. The molecule has 0 aromatic heterocycles. The second kappa shape index (κ2) is 10.8. The molecule has 4 rings (SSSR count). The molecule has 2 aliphatic heterocycles. The van der Waals surface area contributed by atoms with Gasteiger partial charge in [-0.3, -0.25) is 14.6 Å². The zero-order valence-corrected chi connectivity index (χ0v) is 23.8. The quantitative estimate of drug-likeness (QED) is 0.584. The Labute approximate surface area is 221 Å². The van der Waals surface area contributed by atoms with Crippen LogP contribution in [0.2, 0.25) is 0 Å². The maximum Gasteiger partial charge on any atom is 0.253 e. The highest BCUT2D eigenvalue weighted by Crippen LogP contribution is 2.36. The number of hydrogen-bond donors (Lipinski definition) is 1. The van der Waals surface area contributed by atoms with E-state index in [1.165, 1.54) is 0 Å². The van der Waals surface area contributed by atoms with Crippen LogP contribution in [0.25, 0.3) is 0 Å². The maximum absolute atomic E-state index is 13.2. The Morgan fingerprint density at radius 2 is 1.73 bits per heavy atom. The van der Waals surface area contributed by atoms with E-state index >= 15 is 0 Å². The van der Waals surface area contributed by atoms with Crippen molar-refractivity contribution in [3.05, 3.63) is 34.4 Å². The number of sulfonamides is 1. The van der Waals surface area contributed by atoms with Gasteiger partial charge in [0, 0.05) is 39.5 Å². The fourth-order valence-corrected chi connectivity index (χ4v) is 7.52. The van der Waals surface area contributed by atoms with Gasteiger partial charge in [0.25, 0.3) is 5.91 Å². The van der Waals surface area contributed by atoms with Gasteiger partial charge in [-0.2, -0.15) is 0 Å². The van der Waals surface area contributed by atoms with E-state index in [1.54, 1.807) is 23.2 Å². The number of amidine groups is 1. The second-order valence-corrected chi connectivity index (χ2v) is 13.6. The lowest BCUT2D eigenvalue weighted by Gasteiger charge is -2.34. The number of aryl methyl sites for hydroxylation is 2. The average Bonchev–Trinajstić information content (AvgIpc) is 3.14. The van der Waals surface area contributed by atoms with Crippen molar-refractivity contribution in [2.45, 2.75) is 84.7 Å². The minimum Gasteiger partial charge on any atom is -0.342 e. The first-order valence-electron chi connectivity index (χ1n) is 13.6. The Morgan fingerprint density at radius 1 is 1.14 bits per heavy atom. The highest BCUT2D eigenvalue weighted by molar-refractivity contribution is 7.89. The van der Waals surface area contributed by atoms with Crippen LogP contribution >= 0.6 is 0 Å². The number of carbonyl (C=O) groups excluding carboxylic acids is 2. The van der Waals surface area contributed by atoms with Crippen molar-refractivity contribution in [1.29, 1.82) is 0 Å². The lowest BCUT2D eigenvalue weighted by Crippen LogP contribution is -2.51. The second-order valence-electron chi connectivity index (χ2n) is 11.5. The zero-order valence-electron chi connectivity index (χ0n) is 23.0.